The lowest BCUT2D eigenvalue weighted by Gasteiger charge is -2.13. The second kappa shape index (κ2) is 6.17. The molecule has 1 aliphatic carbocycles. The van der Waals surface area contributed by atoms with Crippen molar-refractivity contribution in [3.05, 3.63) is 11.6 Å². The van der Waals surface area contributed by atoms with Crippen molar-refractivity contribution in [2.24, 2.45) is 0 Å². The number of allylic oxidation sites excluding steroid dienone is 1. The standard InChI is InChI=1S/C11H20O2/c12-9-5-8-11(13)10-6-3-1-2-4-7-10/h6,11-13H,1-5,7-9H2. The second-order valence-corrected chi connectivity index (χ2v) is 3.76. The van der Waals surface area contributed by atoms with Gasteiger partial charge in [-0.3, -0.25) is 0 Å². The number of aliphatic hydroxyl groups excluding tert-OH is 2. The molecule has 0 aliphatic heterocycles. The maximum Gasteiger partial charge on any atom is 0.0751 e. The lowest BCUT2D eigenvalue weighted by molar-refractivity contribution is 0.176. The van der Waals surface area contributed by atoms with Crippen molar-refractivity contribution in [2.45, 2.75) is 51.0 Å². The van der Waals surface area contributed by atoms with E-state index in [1.54, 1.807) is 0 Å². The number of rotatable bonds is 4. The molecule has 0 heterocycles. The summed E-state index contributed by atoms with van der Waals surface area (Å²) in [5.41, 5.74) is 1.20. The van der Waals surface area contributed by atoms with Gasteiger partial charge in [0.1, 0.15) is 0 Å². The highest BCUT2D eigenvalue weighted by Crippen LogP contribution is 2.21. The van der Waals surface area contributed by atoms with E-state index < -0.39 is 0 Å². The highest BCUT2D eigenvalue weighted by atomic mass is 16.3. The fourth-order valence-electron chi connectivity index (χ4n) is 1.81. The molecule has 0 saturated carbocycles. The third-order valence-electron chi connectivity index (χ3n) is 2.64. The molecule has 2 nitrogen and oxygen atoms in total. The monoisotopic (exact) mass is 184 g/mol. The molecular weight excluding hydrogens is 164 g/mol. The quantitative estimate of drug-likeness (QED) is 0.656. The number of aliphatic hydroxyl groups is 2. The van der Waals surface area contributed by atoms with Crippen LogP contribution in [0.3, 0.4) is 0 Å². The van der Waals surface area contributed by atoms with E-state index in [9.17, 15) is 5.11 Å². The Hall–Kier alpha value is -0.340. The van der Waals surface area contributed by atoms with Gasteiger partial charge in [-0.2, -0.15) is 0 Å². The Balaban J connectivity index is 2.34. The minimum atomic E-state index is -0.301. The summed E-state index contributed by atoms with van der Waals surface area (Å²) < 4.78 is 0. The van der Waals surface area contributed by atoms with Crippen LogP contribution in [0.2, 0.25) is 0 Å². The van der Waals surface area contributed by atoms with Crippen molar-refractivity contribution in [1.82, 2.24) is 0 Å². The van der Waals surface area contributed by atoms with Crippen molar-refractivity contribution in [3.8, 4) is 0 Å². The normalized spacial score (nSPS) is 20.6. The Bertz CT molecular complexity index is 163. The predicted molar refractivity (Wildman–Crippen MR) is 53.5 cm³/mol. The van der Waals surface area contributed by atoms with Gasteiger partial charge >= 0.3 is 0 Å². The van der Waals surface area contributed by atoms with Gasteiger partial charge in [-0.25, -0.2) is 0 Å². The fourth-order valence-corrected chi connectivity index (χ4v) is 1.81. The van der Waals surface area contributed by atoms with Crippen molar-refractivity contribution in [1.29, 1.82) is 0 Å². The Labute approximate surface area is 80.3 Å². The Morgan fingerprint density at radius 3 is 2.92 bits per heavy atom. The van der Waals surface area contributed by atoms with Crippen LogP contribution in [0.1, 0.15) is 44.9 Å². The fraction of sp³-hybridized carbons (Fsp3) is 0.818. The lowest BCUT2D eigenvalue weighted by Crippen LogP contribution is -2.10. The third kappa shape index (κ3) is 3.92. The summed E-state index contributed by atoms with van der Waals surface area (Å²) in [5, 5.41) is 18.4. The summed E-state index contributed by atoms with van der Waals surface area (Å²) in [6.07, 6.45) is 9.23. The first-order chi connectivity index (χ1) is 6.34. The maximum absolute atomic E-state index is 9.75. The molecule has 0 aromatic rings. The minimum absolute atomic E-state index is 0.185. The smallest absolute Gasteiger partial charge is 0.0751 e. The van der Waals surface area contributed by atoms with Crippen LogP contribution in [-0.4, -0.2) is 22.9 Å². The SMILES string of the molecule is OCCCC(O)C1=CCCCCC1. The Morgan fingerprint density at radius 2 is 2.15 bits per heavy atom. The maximum atomic E-state index is 9.75. The summed E-state index contributed by atoms with van der Waals surface area (Å²) in [5.74, 6) is 0. The molecule has 13 heavy (non-hydrogen) atoms. The first kappa shape index (κ1) is 10.7. The first-order valence-corrected chi connectivity index (χ1v) is 5.32. The molecule has 2 N–H and O–H groups in total. The van der Waals surface area contributed by atoms with Gasteiger partial charge < -0.3 is 10.2 Å². The van der Waals surface area contributed by atoms with E-state index in [4.69, 9.17) is 5.11 Å². The zero-order chi connectivity index (χ0) is 9.52. The van der Waals surface area contributed by atoms with Crippen LogP contribution in [0.15, 0.2) is 11.6 Å². The van der Waals surface area contributed by atoms with Gasteiger partial charge in [-0.05, 0) is 44.1 Å². The molecular formula is C11H20O2. The van der Waals surface area contributed by atoms with E-state index in [1.807, 2.05) is 0 Å². The number of hydrogen-bond donors (Lipinski definition) is 2. The van der Waals surface area contributed by atoms with Gasteiger partial charge in [-0.1, -0.05) is 12.5 Å². The van der Waals surface area contributed by atoms with Gasteiger partial charge in [0.15, 0.2) is 0 Å². The molecule has 1 atom stereocenters. The molecule has 76 valence electrons. The average molecular weight is 184 g/mol. The first-order valence-electron chi connectivity index (χ1n) is 5.32. The van der Waals surface area contributed by atoms with E-state index >= 15 is 0 Å². The van der Waals surface area contributed by atoms with Crippen LogP contribution < -0.4 is 0 Å². The molecule has 1 rings (SSSR count). The van der Waals surface area contributed by atoms with Crippen LogP contribution in [0.5, 0.6) is 0 Å². The molecule has 0 radical (unpaired) electrons. The van der Waals surface area contributed by atoms with Gasteiger partial charge in [0, 0.05) is 6.61 Å². The molecule has 0 aromatic carbocycles. The highest BCUT2D eigenvalue weighted by Gasteiger charge is 2.11. The minimum Gasteiger partial charge on any atom is -0.396 e. The van der Waals surface area contributed by atoms with E-state index in [0.717, 1.165) is 12.8 Å². The third-order valence-corrected chi connectivity index (χ3v) is 2.64. The van der Waals surface area contributed by atoms with E-state index in [1.165, 1.54) is 24.8 Å². The second-order valence-electron chi connectivity index (χ2n) is 3.76. The molecule has 0 bridgehead atoms. The zero-order valence-electron chi connectivity index (χ0n) is 8.21. The van der Waals surface area contributed by atoms with Crippen LogP contribution in [0.4, 0.5) is 0 Å². The van der Waals surface area contributed by atoms with Gasteiger partial charge in [0.05, 0.1) is 6.10 Å². The van der Waals surface area contributed by atoms with Crippen LogP contribution in [0, 0.1) is 0 Å². The molecule has 0 amide bonds. The molecule has 0 spiro atoms. The van der Waals surface area contributed by atoms with E-state index in [-0.39, 0.29) is 12.7 Å². The Morgan fingerprint density at radius 1 is 1.31 bits per heavy atom. The highest BCUT2D eigenvalue weighted by molar-refractivity contribution is 5.09. The van der Waals surface area contributed by atoms with Crippen LogP contribution >= 0.6 is 0 Å². The van der Waals surface area contributed by atoms with Crippen molar-refractivity contribution in [2.75, 3.05) is 6.61 Å². The lowest BCUT2D eigenvalue weighted by atomic mass is 10.0. The molecule has 0 fully saturated rings. The van der Waals surface area contributed by atoms with E-state index in [2.05, 4.69) is 6.08 Å². The summed E-state index contributed by atoms with van der Waals surface area (Å²) in [6.45, 7) is 0.185. The van der Waals surface area contributed by atoms with E-state index in [0.29, 0.717) is 12.8 Å². The summed E-state index contributed by atoms with van der Waals surface area (Å²) in [7, 11) is 0. The largest absolute Gasteiger partial charge is 0.396 e. The van der Waals surface area contributed by atoms with Gasteiger partial charge in [0.2, 0.25) is 0 Å². The van der Waals surface area contributed by atoms with Crippen LogP contribution in [-0.2, 0) is 0 Å². The summed E-state index contributed by atoms with van der Waals surface area (Å²) in [4.78, 5) is 0. The van der Waals surface area contributed by atoms with Crippen molar-refractivity contribution >= 4 is 0 Å². The molecule has 1 unspecified atom stereocenters. The average Bonchev–Trinajstić information content (AvgIpc) is 2.42. The van der Waals surface area contributed by atoms with Crippen LogP contribution in [0.25, 0.3) is 0 Å². The van der Waals surface area contributed by atoms with Crippen molar-refractivity contribution < 1.29 is 10.2 Å². The van der Waals surface area contributed by atoms with Crippen molar-refractivity contribution in [3.63, 3.8) is 0 Å². The van der Waals surface area contributed by atoms with Gasteiger partial charge in [-0.15, -0.1) is 0 Å². The summed E-state index contributed by atoms with van der Waals surface area (Å²) in [6, 6.07) is 0. The Kier molecular flexibility index (Phi) is 5.09. The predicted octanol–water partition coefficient (Wildman–Crippen LogP) is 2.01. The molecule has 0 aromatic heterocycles. The number of hydrogen-bond acceptors (Lipinski definition) is 2. The topological polar surface area (TPSA) is 40.5 Å². The zero-order valence-corrected chi connectivity index (χ0v) is 8.21. The molecule has 1 aliphatic rings. The summed E-state index contributed by atoms with van der Waals surface area (Å²) >= 11 is 0. The van der Waals surface area contributed by atoms with Gasteiger partial charge in [0.25, 0.3) is 0 Å². The molecule has 0 saturated heterocycles. The molecule has 2 heteroatoms.